The number of pyridine rings is 1. The summed E-state index contributed by atoms with van der Waals surface area (Å²) in [5, 5.41) is 12.0. The lowest BCUT2D eigenvalue weighted by molar-refractivity contribution is -0.144. The van der Waals surface area contributed by atoms with E-state index in [1.165, 1.54) is 20.2 Å². The van der Waals surface area contributed by atoms with Gasteiger partial charge < -0.3 is 9.84 Å². The molecule has 17 heavy (non-hydrogen) atoms. The van der Waals surface area contributed by atoms with Gasteiger partial charge in [0, 0.05) is 25.4 Å². The number of hydrogen-bond donors (Lipinski definition) is 2. The minimum atomic E-state index is -1.38. The Kier molecular flexibility index (Phi) is 4.53. The normalized spacial score (nSPS) is 14.3. The number of nitrogens with one attached hydrogen (secondary N) is 1. The number of carboxylic acid groups (broad SMARTS) is 1. The summed E-state index contributed by atoms with van der Waals surface area (Å²) < 4.78 is 17.9. The number of nitrogens with zero attached hydrogens (tertiary/aromatic N) is 1. The molecular formula is C11H15FN2O3. The molecular weight excluding hydrogens is 227 g/mol. The van der Waals surface area contributed by atoms with E-state index in [1.54, 1.807) is 0 Å². The van der Waals surface area contributed by atoms with Gasteiger partial charge in [-0.25, -0.2) is 9.18 Å². The van der Waals surface area contributed by atoms with Crippen molar-refractivity contribution in [2.45, 2.75) is 12.5 Å². The highest BCUT2D eigenvalue weighted by atomic mass is 19.1. The van der Waals surface area contributed by atoms with Crippen molar-refractivity contribution in [1.29, 1.82) is 0 Å². The third kappa shape index (κ3) is 3.21. The lowest BCUT2D eigenvalue weighted by atomic mass is 9.93. The van der Waals surface area contributed by atoms with E-state index >= 15 is 0 Å². The van der Waals surface area contributed by atoms with E-state index < -0.39 is 17.3 Å². The van der Waals surface area contributed by atoms with Crippen LogP contribution in [-0.2, 0) is 15.1 Å². The molecule has 1 aromatic rings. The van der Waals surface area contributed by atoms with Crippen LogP contribution in [0.3, 0.4) is 0 Å². The van der Waals surface area contributed by atoms with Gasteiger partial charge in [0.2, 0.25) is 0 Å². The molecule has 1 rings (SSSR count). The fraction of sp³-hybridized carbons (Fsp3) is 0.455. The Labute approximate surface area is 98.6 Å². The zero-order valence-corrected chi connectivity index (χ0v) is 9.74. The number of halogens is 1. The lowest BCUT2D eigenvalue weighted by Gasteiger charge is -2.26. The van der Waals surface area contributed by atoms with Gasteiger partial charge in [-0.1, -0.05) is 0 Å². The largest absolute Gasteiger partial charge is 0.480 e. The third-order valence-electron chi connectivity index (χ3n) is 2.49. The van der Waals surface area contributed by atoms with Crippen molar-refractivity contribution in [3.8, 4) is 0 Å². The first-order chi connectivity index (χ1) is 8.00. The molecule has 0 aliphatic carbocycles. The predicted molar refractivity (Wildman–Crippen MR) is 59.1 cm³/mol. The molecule has 0 amide bonds. The van der Waals surface area contributed by atoms with Crippen LogP contribution in [0.1, 0.15) is 12.5 Å². The van der Waals surface area contributed by atoms with E-state index in [0.717, 1.165) is 12.3 Å². The van der Waals surface area contributed by atoms with Crippen LogP contribution < -0.4 is 5.32 Å². The van der Waals surface area contributed by atoms with Gasteiger partial charge in [0.1, 0.15) is 11.4 Å². The molecule has 94 valence electrons. The number of carboxylic acids is 1. The quantitative estimate of drug-likeness (QED) is 0.720. The van der Waals surface area contributed by atoms with E-state index in [1.807, 2.05) is 0 Å². The zero-order valence-electron chi connectivity index (χ0n) is 9.74. The third-order valence-corrected chi connectivity index (χ3v) is 2.49. The van der Waals surface area contributed by atoms with E-state index in [0.29, 0.717) is 13.2 Å². The summed E-state index contributed by atoms with van der Waals surface area (Å²) in [6.45, 7) is 2.17. The number of hydrogen-bond acceptors (Lipinski definition) is 4. The highest BCUT2D eigenvalue weighted by Gasteiger charge is 2.35. The molecule has 0 aliphatic heterocycles. The number of rotatable bonds is 6. The molecule has 0 aromatic carbocycles. The van der Waals surface area contributed by atoms with Gasteiger partial charge in [0.25, 0.3) is 0 Å². The number of ether oxygens (including phenoxy) is 1. The van der Waals surface area contributed by atoms with Crippen molar-refractivity contribution in [3.63, 3.8) is 0 Å². The summed E-state index contributed by atoms with van der Waals surface area (Å²) in [6.07, 6.45) is 2.36. The van der Waals surface area contributed by atoms with Gasteiger partial charge in [-0.05, 0) is 13.0 Å². The number of aliphatic carboxylic acids is 1. The van der Waals surface area contributed by atoms with Crippen molar-refractivity contribution in [2.24, 2.45) is 0 Å². The predicted octanol–water partition coefficient (Wildman–Crippen LogP) is 0.756. The van der Waals surface area contributed by atoms with Crippen molar-refractivity contribution in [3.05, 3.63) is 29.8 Å². The van der Waals surface area contributed by atoms with Gasteiger partial charge in [-0.15, -0.1) is 0 Å². The maximum absolute atomic E-state index is 13.0. The molecule has 1 aromatic heterocycles. The van der Waals surface area contributed by atoms with Crippen LogP contribution in [0.2, 0.25) is 0 Å². The SMILES string of the molecule is COCCNC(C)(C(=O)O)c1cncc(F)c1. The molecule has 1 heterocycles. The van der Waals surface area contributed by atoms with Gasteiger partial charge in [-0.3, -0.25) is 10.3 Å². The molecule has 6 heteroatoms. The second-order valence-corrected chi connectivity index (χ2v) is 3.74. The molecule has 1 atom stereocenters. The smallest absolute Gasteiger partial charge is 0.328 e. The Balaban J connectivity index is 2.95. The van der Waals surface area contributed by atoms with Crippen LogP contribution in [0.4, 0.5) is 4.39 Å². The van der Waals surface area contributed by atoms with E-state index in [2.05, 4.69) is 10.3 Å². The highest BCUT2D eigenvalue weighted by molar-refractivity contribution is 5.80. The summed E-state index contributed by atoms with van der Waals surface area (Å²) in [6, 6.07) is 1.15. The second-order valence-electron chi connectivity index (χ2n) is 3.74. The molecule has 0 spiro atoms. The number of aromatic nitrogens is 1. The monoisotopic (exact) mass is 242 g/mol. The Morgan fingerprint density at radius 2 is 2.35 bits per heavy atom. The average Bonchev–Trinajstić information content (AvgIpc) is 2.29. The highest BCUT2D eigenvalue weighted by Crippen LogP contribution is 2.20. The fourth-order valence-electron chi connectivity index (χ4n) is 1.39. The lowest BCUT2D eigenvalue weighted by Crippen LogP contribution is -2.48. The Morgan fingerprint density at radius 1 is 1.65 bits per heavy atom. The summed E-state index contributed by atoms with van der Waals surface area (Å²) in [5.41, 5.74) is -1.12. The molecule has 0 radical (unpaired) electrons. The Bertz CT molecular complexity index is 400. The summed E-state index contributed by atoms with van der Waals surface area (Å²) in [4.78, 5) is 14.9. The topological polar surface area (TPSA) is 71.5 Å². The van der Waals surface area contributed by atoms with Crippen LogP contribution in [0, 0.1) is 5.82 Å². The van der Waals surface area contributed by atoms with Crippen molar-refractivity contribution >= 4 is 5.97 Å². The van der Waals surface area contributed by atoms with Gasteiger partial charge >= 0.3 is 5.97 Å². The maximum atomic E-state index is 13.0. The van der Waals surface area contributed by atoms with E-state index in [9.17, 15) is 14.3 Å². The van der Waals surface area contributed by atoms with E-state index in [4.69, 9.17) is 4.74 Å². The number of methoxy groups -OCH3 is 1. The molecule has 0 fully saturated rings. The fourth-order valence-corrected chi connectivity index (χ4v) is 1.39. The summed E-state index contributed by atoms with van der Waals surface area (Å²) >= 11 is 0. The average molecular weight is 242 g/mol. The molecule has 1 unspecified atom stereocenters. The molecule has 0 bridgehead atoms. The Morgan fingerprint density at radius 3 is 2.88 bits per heavy atom. The standard InChI is InChI=1S/C11H15FN2O3/c1-11(10(15)16,14-3-4-17-2)8-5-9(12)7-13-6-8/h5-7,14H,3-4H2,1-2H3,(H,15,16). The van der Waals surface area contributed by atoms with Crippen LogP contribution in [-0.4, -0.2) is 36.3 Å². The number of carbonyl (C=O) groups is 1. The molecule has 0 aliphatic rings. The summed E-state index contributed by atoms with van der Waals surface area (Å²) in [5.74, 6) is -1.66. The van der Waals surface area contributed by atoms with Crippen molar-refractivity contribution < 1.29 is 19.0 Å². The van der Waals surface area contributed by atoms with Crippen LogP contribution in [0.25, 0.3) is 0 Å². The van der Waals surface area contributed by atoms with Crippen molar-refractivity contribution in [2.75, 3.05) is 20.3 Å². The minimum absolute atomic E-state index is 0.265. The first-order valence-electron chi connectivity index (χ1n) is 5.09. The minimum Gasteiger partial charge on any atom is -0.480 e. The van der Waals surface area contributed by atoms with E-state index in [-0.39, 0.29) is 5.56 Å². The second kappa shape index (κ2) is 5.70. The van der Waals surface area contributed by atoms with Crippen molar-refractivity contribution in [1.82, 2.24) is 10.3 Å². The molecule has 5 nitrogen and oxygen atoms in total. The van der Waals surface area contributed by atoms with Gasteiger partial charge in [-0.2, -0.15) is 0 Å². The van der Waals surface area contributed by atoms with Gasteiger partial charge in [0.15, 0.2) is 0 Å². The molecule has 0 saturated heterocycles. The first-order valence-corrected chi connectivity index (χ1v) is 5.09. The Hall–Kier alpha value is -1.53. The van der Waals surface area contributed by atoms with Crippen LogP contribution in [0.15, 0.2) is 18.5 Å². The molecule has 0 saturated carbocycles. The van der Waals surface area contributed by atoms with Crippen LogP contribution in [0.5, 0.6) is 0 Å². The first kappa shape index (κ1) is 13.5. The van der Waals surface area contributed by atoms with Crippen LogP contribution >= 0.6 is 0 Å². The van der Waals surface area contributed by atoms with Gasteiger partial charge in [0.05, 0.1) is 12.8 Å². The zero-order chi connectivity index (χ0) is 12.9. The molecule has 2 N–H and O–H groups in total. The summed E-state index contributed by atoms with van der Waals surface area (Å²) in [7, 11) is 1.52. The maximum Gasteiger partial charge on any atom is 0.328 e.